The van der Waals surface area contributed by atoms with Crippen molar-refractivity contribution >= 4 is 23.1 Å². The van der Waals surface area contributed by atoms with Gasteiger partial charge in [0.25, 0.3) is 0 Å². The lowest BCUT2D eigenvalue weighted by Gasteiger charge is -2.26. The molecule has 11 heteroatoms. The zero-order chi connectivity index (χ0) is 26.9. The number of rotatable bonds is 6. The highest BCUT2D eigenvalue weighted by Crippen LogP contribution is 2.36. The monoisotopic (exact) mass is 531 g/mol. The summed E-state index contributed by atoms with van der Waals surface area (Å²) >= 11 is 1.56. The third-order valence-electron chi connectivity index (χ3n) is 5.70. The van der Waals surface area contributed by atoms with Crippen molar-refractivity contribution in [2.24, 2.45) is 11.6 Å². The Bertz CT molecular complexity index is 1480. The average Bonchev–Trinajstić information content (AvgIpc) is 3.28. The summed E-state index contributed by atoms with van der Waals surface area (Å²) < 4.78 is 68.9. The van der Waals surface area contributed by atoms with E-state index in [2.05, 4.69) is 4.98 Å². The van der Waals surface area contributed by atoms with Crippen LogP contribution in [-0.2, 0) is 6.18 Å². The number of nitrogens with two attached hydrogens (primary N) is 2. The Morgan fingerprint density at radius 2 is 1.73 bits per heavy atom. The molecule has 0 amide bonds. The van der Waals surface area contributed by atoms with Crippen molar-refractivity contribution in [3.05, 3.63) is 102 Å². The van der Waals surface area contributed by atoms with Gasteiger partial charge in [-0.2, -0.15) is 13.2 Å². The Kier molecular flexibility index (Phi) is 7.28. The fourth-order valence-electron chi connectivity index (χ4n) is 3.86. The maximum atomic E-state index is 14.0. The topological polar surface area (TPSA) is 73.1 Å². The Labute approximate surface area is 214 Å². The quantitative estimate of drug-likeness (QED) is 0.129. The van der Waals surface area contributed by atoms with Crippen molar-refractivity contribution in [3.8, 4) is 16.8 Å². The van der Waals surface area contributed by atoms with Crippen LogP contribution in [0.1, 0.15) is 17.1 Å². The maximum Gasteiger partial charge on any atom is 0.434 e. The van der Waals surface area contributed by atoms with E-state index in [1.165, 1.54) is 17.6 Å². The van der Waals surface area contributed by atoms with Crippen LogP contribution >= 0.6 is 11.8 Å². The molecule has 0 saturated heterocycles. The summed E-state index contributed by atoms with van der Waals surface area (Å²) in [5.41, 5.74) is 7.13. The Hall–Kier alpha value is -3.83. The van der Waals surface area contributed by atoms with Crippen LogP contribution < -0.4 is 16.6 Å². The van der Waals surface area contributed by atoms with Crippen molar-refractivity contribution in [2.45, 2.75) is 18.0 Å². The highest BCUT2D eigenvalue weighted by Gasteiger charge is 2.35. The molecule has 4 N–H and O–H groups in total. The summed E-state index contributed by atoms with van der Waals surface area (Å²) in [5, 5.41) is 1.12. The molecule has 0 atom stereocenters. The Morgan fingerprint density at radius 3 is 2.35 bits per heavy atom. The molecule has 4 rings (SSSR count). The molecule has 0 radical (unpaired) electrons. The number of hydrazine groups is 1. The van der Waals surface area contributed by atoms with Gasteiger partial charge >= 0.3 is 6.18 Å². The first-order valence-corrected chi connectivity index (χ1v) is 12.1. The maximum absolute atomic E-state index is 14.0. The molecule has 37 heavy (non-hydrogen) atoms. The van der Waals surface area contributed by atoms with Crippen LogP contribution in [-0.4, -0.2) is 15.8 Å². The van der Waals surface area contributed by atoms with E-state index in [1.54, 1.807) is 30.0 Å². The minimum absolute atomic E-state index is 0.0743. The summed E-state index contributed by atoms with van der Waals surface area (Å²) in [6.07, 6.45) is -0.723. The standard InChI is InChI=1S/C26H22F5N5S/c1-15-34-25(26(29,30)31)14-35(15)22-9-7-17(16-4-3-5-19(10-16)37-2)12-23(22)36(33)24(13-32)18-6-8-20(27)21(28)11-18/h3-14H,32-33H2,1-2H3/b24-13-. The van der Waals surface area contributed by atoms with Crippen molar-refractivity contribution in [1.29, 1.82) is 0 Å². The molecule has 4 aromatic rings. The van der Waals surface area contributed by atoms with E-state index in [9.17, 15) is 22.0 Å². The number of halogens is 5. The van der Waals surface area contributed by atoms with Crippen LogP contribution in [0, 0.1) is 18.6 Å². The van der Waals surface area contributed by atoms with Crippen LogP contribution in [0.25, 0.3) is 22.5 Å². The molecule has 0 fully saturated rings. The van der Waals surface area contributed by atoms with E-state index in [-0.39, 0.29) is 28.5 Å². The molecular weight excluding hydrogens is 509 g/mol. The minimum atomic E-state index is -4.65. The van der Waals surface area contributed by atoms with Gasteiger partial charge in [-0.3, -0.25) is 5.01 Å². The van der Waals surface area contributed by atoms with Crippen molar-refractivity contribution in [1.82, 2.24) is 9.55 Å². The number of anilines is 1. The molecule has 0 aliphatic heterocycles. The third kappa shape index (κ3) is 5.32. The van der Waals surface area contributed by atoms with Gasteiger partial charge in [0.05, 0.1) is 17.1 Å². The molecule has 0 aliphatic rings. The van der Waals surface area contributed by atoms with Crippen LogP contribution in [0.4, 0.5) is 27.6 Å². The summed E-state index contributed by atoms with van der Waals surface area (Å²) in [4.78, 5) is 4.66. The Morgan fingerprint density at radius 1 is 1.00 bits per heavy atom. The molecule has 0 unspecified atom stereocenters. The van der Waals surface area contributed by atoms with E-state index in [4.69, 9.17) is 11.6 Å². The van der Waals surface area contributed by atoms with Gasteiger partial charge in [0, 0.05) is 22.9 Å². The lowest BCUT2D eigenvalue weighted by molar-refractivity contribution is -0.141. The number of benzene rings is 3. The number of imidazole rings is 1. The minimum Gasteiger partial charge on any atom is -0.403 e. The van der Waals surface area contributed by atoms with E-state index >= 15 is 0 Å². The van der Waals surface area contributed by atoms with Crippen LogP contribution in [0.5, 0.6) is 0 Å². The molecular formula is C26H22F5N5S. The van der Waals surface area contributed by atoms with E-state index in [1.807, 2.05) is 30.5 Å². The molecule has 192 valence electrons. The molecule has 0 bridgehead atoms. The lowest BCUT2D eigenvalue weighted by atomic mass is 10.0. The summed E-state index contributed by atoms with van der Waals surface area (Å²) in [5.74, 6) is 4.39. The van der Waals surface area contributed by atoms with Gasteiger partial charge < -0.3 is 10.3 Å². The highest BCUT2D eigenvalue weighted by atomic mass is 32.2. The molecule has 3 aromatic carbocycles. The van der Waals surface area contributed by atoms with E-state index in [0.717, 1.165) is 45.6 Å². The van der Waals surface area contributed by atoms with Gasteiger partial charge in [-0.15, -0.1) is 11.8 Å². The first-order valence-electron chi connectivity index (χ1n) is 10.9. The van der Waals surface area contributed by atoms with Gasteiger partial charge in [0.1, 0.15) is 5.82 Å². The third-order valence-corrected chi connectivity index (χ3v) is 6.43. The van der Waals surface area contributed by atoms with Crippen LogP contribution in [0.15, 0.2) is 78.0 Å². The molecule has 0 spiro atoms. The van der Waals surface area contributed by atoms with Crippen LogP contribution in [0.2, 0.25) is 0 Å². The average molecular weight is 532 g/mol. The second-order valence-corrected chi connectivity index (χ2v) is 8.91. The number of hydrogen-bond donors (Lipinski definition) is 2. The van der Waals surface area contributed by atoms with Crippen molar-refractivity contribution < 1.29 is 22.0 Å². The fourth-order valence-corrected chi connectivity index (χ4v) is 4.32. The summed E-state index contributed by atoms with van der Waals surface area (Å²) in [6.45, 7) is 1.44. The first kappa shape index (κ1) is 26.2. The highest BCUT2D eigenvalue weighted by molar-refractivity contribution is 7.98. The largest absolute Gasteiger partial charge is 0.434 e. The first-order chi connectivity index (χ1) is 17.5. The van der Waals surface area contributed by atoms with Gasteiger partial charge in [0.2, 0.25) is 0 Å². The summed E-state index contributed by atoms with van der Waals surface area (Å²) in [6, 6.07) is 15.9. The second-order valence-electron chi connectivity index (χ2n) is 8.03. The molecule has 1 heterocycles. The van der Waals surface area contributed by atoms with Gasteiger partial charge in [-0.25, -0.2) is 19.6 Å². The zero-order valence-corrected chi connectivity index (χ0v) is 20.5. The van der Waals surface area contributed by atoms with Gasteiger partial charge in [-0.05, 0) is 66.8 Å². The second kappa shape index (κ2) is 10.3. The molecule has 5 nitrogen and oxygen atoms in total. The number of hydrogen-bond acceptors (Lipinski definition) is 5. The number of aryl methyl sites for hydroxylation is 1. The number of thioether (sulfide) groups is 1. The molecule has 0 saturated carbocycles. The van der Waals surface area contributed by atoms with Gasteiger partial charge in [0.15, 0.2) is 17.3 Å². The summed E-state index contributed by atoms with van der Waals surface area (Å²) in [7, 11) is 0. The van der Waals surface area contributed by atoms with E-state index < -0.39 is 23.5 Å². The van der Waals surface area contributed by atoms with Gasteiger partial charge in [-0.1, -0.05) is 18.2 Å². The smallest absolute Gasteiger partial charge is 0.403 e. The zero-order valence-electron chi connectivity index (χ0n) is 19.7. The van der Waals surface area contributed by atoms with Crippen molar-refractivity contribution in [2.75, 3.05) is 11.3 Å². The fraction of sp³-hybridized carbons (Fsp3) is 0.115. The van der Waals surface area contributed by atoms with Crippen molar-refractivity contribution in [3.63, 3.8) is 0 Å². The SMILES string of the molecule is CSc1cccc(-c2ccc(-n3cc(C(F)(F)F)nc3C)c(N(N)/C(=C\N)c3ccc(F)c(F)c3)c2)c1. The van der Waals surface area contributed by atoms with Crippen LogP contribution in [0.3, 0.4) is 0 Å². The lowest BCUT2D eigenvalue weighted by Crippen LogP contribution is -2.31. The predicted molar refractivity (Wildman–Crippen MR) is 136 cm³/mol. The normalized spacial score (nSPS) is 12.2. The number of aromatic nitrogens is 2. The number of nitrogens with zero attached hydrogens (tertiary/aromatic N) is 3. The number of alkyl halides is 3. The Balaban J connectivity index is 1.91. The molecule has 0 aliphatic carbocycles. The van der Waals surface area contributed by atoms with E-state index in [0.29, 0.717) is 0 Å². The molecule has 1 aromatic heterocycles. The predicted octanol–water partition coefficient (Wildman–Crippen LogP) is 6.50.